The molecule has 1 fully saturated rings. The summed E-state index contributed by atoms with van der Waals surface area (Å²) < 4.78 is 10.5. The van der Waals surface area contributed by atoms with Crippen molar-refractivity contribution >= 4 is 29.0 Å². The van der Waals surface area contributed by atoms with Gasteiger partial charge in [0, 0.05) is 31.4 Å². The van der Waals surface area contributed by atoms with Gasteiger partial charge in [0.25, 0.3) is 5.91 Å². The zero-order valence-electron chi connectivity index (χ0n) is 15.8. The molecule has 1 aliphatic heterocycles. The van der Waals surface area contributed by atoms with Crippen LogP contribution in [-0.2, 0) is 0 Å². The van der Waals surface area contributed by atoms with Crippen LogP contribution in [0.1, 0.15) is 30.1 Å². The monoisotopic (exact) mass is 389 g/mol. The summed E-state index contributed by atoms with van der Waals surface area (Å²) in [6.45, 7) is 4.28. The number of amides is 1. The van der Waals surface area contributed by atoms with Crippen LogP contribution in [0.15, 0.2) is 30.5 Å². The topological polar surface area (TPSA) is 63.7 Å². The number of benzene rings is 1. The normalized spacial score (nSPS) is 14.7. The van der Waals surface area contributed by atoms with E-state index in [9.17, 15) is 4.79 Å². The lowest BCUT2D eigenvalue weighted by Crippen LogP contribution is -2.33. The minimum absolute atomic E-state index is 0.274. The second kappa shape index (κ2) is 8.48. The van der Waals surface area contributed by atoms with Crippen molar-refractivity contribution in [1.82, 2.24) is 4.98 Å². The molecule has 1 amide bonds. The molecule has 0 bridgehead atoms. The zero-order valence-corrected chi connectivity index (χ0v) is 16.5. The van der Waals surface area contributed by atoms with Gasteiger partial charge in [0.2, 0.25) is 0 Å². The van der Waals surface area contributed by atoms with Crippen molar-refractivity contribution in [2.45, 2.75) is 19.8 Å². The number of anilines is 2. The van der Waals surface area contributed by atoms with E-state index in [2.05, 4.69) is 22.1 Å². The van der Waals surface area contributed by atoms with Crippen LogP contribution in [0.2, 0.25) is 5.02 Å². The lowest BCUT2D eigenvalue weighted by molar-refractivity contribution is 0.102. The third-order valence-electron chi connectivity index (χ3n) is 4.84. The van der Waals surface area contributed by atoms with Gasteiger partial charge in [0.05, 0.1) is 30.5 Å². The molecule has 6 nitrogen and oxygen atoms in total. The molecule has 7 heteroatoms. The quantitative estimate of drug-likeness (QED) is 0.828. The van der Waals surface area contributed by atoms with E-state index in [0.29, 0.717) is 27.8 Å². The molecule has 2 heterocycles. The fraction of sp³-hybridized carbons (Fsp3) is 0.400. The van der Waals surface area contributed by atoms with Gasteiger partial charge >= 0.3 is 0 Å². The Morgan fingerprint density at radius 2 is 1.89 bits per heavy atom. The molecule has 2 aromatic rings. The van der Waals surface area contributed by atoms with Crippen molar-refractivity contribution in [3.05, 3.63) is 41.0 Å². The molecule has 27 heavy (non-hydrogen) atoms. The molecule has 0 spiro atoms. The number of rotatable bonds is 5. The average Bonchev–Trinajstić information content (AvgIpc) is 2.69. The lowest BCUT2D eigenvalue weighted by Gasteiger charge is -2.31. The first-order chi connectivity index (χ1) is 13.0. The van der Waals surface area contributed by atoms with Gasteiger partial charge in [0.1, 0.15) is 17.3 Å². The van der Waals surface area contributed by atoms with Crippen molar-refractivity contribution in [1.29, 1.82) is 0 Å². The molecule has 1 saturated heterocycles. The molecule has 0 unspecified atom stereocenters. The van der Waals surface area contributed by atoms with Gasteiger partial charge < -0.3 is 19.7 Å². The summed E-state index contributed by atoms with van der Waals surface area (Å²) in [6.07, 6.45) is 3.94. The Kier molecular flexibility index (Phi) is 6.06. The summed E-state index contributed by atoms with van der Waals surface area (Å²) in [7, 11) is 3.03. The maximum absolute atomic E-state index is 12.6. The summed E-state index contributed by atoms with van der Waals surface area (Å²) in [5, 5.41) is 3.24. The molecular weight excluding hydrogens is 366 g/mol. The summed E-state index contributed by atoms with van der Waals surface area (Å²) in [5.41, 5.74) is 0.956. The fourth-order valence-corrected chi connectivity index (χ4v) is 3.33. The second-order valence-electron chi connectivity index (χ2n) is 6.72. The lowest BCUT2D eigenvalue weighted by atomic mass is 9.99. The van der Waals surface area contributed by atoms with Gasteiger partial charge in [0.15, 0.2) is 0 Å². The van der Waals surface area contributed by atoms with Crippen LogP contribution in [0.5, 0.6) is 11.5 Å². The maximum Gasteiger partial charge on any atom is 0.257 e. The Bertz CT molecular complexity index is 803. The van der Waals surface area contributed by atoms with Crippen molar-refractivity contribution in [2.75, 3.05) is 37.5 Å². The number of carbonyl (C=O) groups excluding carboxylic acids is 1. The Morgan fingerprint density at radius 3 is 2.48 bits per heavy atom. The third kappa shape index (κ3) is 4.45. The summed E-state index contributed by atoms with van der Waals surface area (Å²) in [5.74, 6) is 2.31. The minimum atomic E-state index is -0.274. The first-order valence-corrected chi connectivity index (χ1v) is 9.33. The molecule has 0 radical (unpaired) electrons. The number of nitrogens with one attached hydrogen (secondary N) is 1. The fourth-order valence-electron chi connectivity index (χ4n) is 3.10. The van der Waals surface area contributed by atoms with E-state index in [0.717, 1.165) is 24.8 Å². The molecule has 0 atom stereocenters. The number of pyridine rings is 1. The zero-order chi connectivity index (χ0) is 19.4. The molecule has 0 aliphatic carbocycles. The van der Waals surface area contributed by atoms with Crippen LogP contribution in [-0.4, -0.2) is 38.2 Å². The van der Waals surface area contributed by atoms with E-state index >= 15 is 0 Å². The van der Waals surface area contributed by atoms with E-state index < -0.39 is 0 Å². The first-order valence-electron chi connectivity index (χ1n) is 8.95. The SMILES string of the molecule is COc1cc(NC(=O)c2ccc(N3CCC(C)CC3)nc2)c(OC)cc1Cl. The average molecular weight is 390 g/mol. The highest BCUT2D eigenvalue weighted by atomic mass is 35.5. The van der Waals surface area contributed by atoms with E-state index in [4.69, 9.17) is 21.1 Å². The summed E-state index contributed by atoms with van der Waals surface area (Å²) in [4.78, 5) is 19.3. The van der Waals surface area contributed by atoms with Crippen molar-refractivity contribution in [2.24, 2.45) is 5.92 Å². The number of hydrogen-bond acceptors (Lipinski definition) is 5. The molecule has 1 aliphatic rings. The van der Waals surface area contributed by atoms with Crippen LogP contribution in [0.3, 0.4) is 0 Å². The second-order valence-corrected chi connectivity index (χ2v) is 7.12. The molecule has 1 N–H and O–H groups in total. The molecule has 1 aromatic heterocycles. The van der Waals surface area contributed by atoms with Crippen LogP contribution in [0, 0.1) is 5.92 Å². The number of piperidine rings is 1. The van der Waals surface area contributed by atoms with Gasteiger partial charge in [-0.3, -0.25) is 4.79 Å². The van der Waals surface area contributed by atoms with Crippen molar-refractivity contribution in [3.63, 3.8) is 0 Å². The summed E-state index contributed by atoms with van der Waals surface area (Å²) >= 11 is 6.10. The Hall–Kier alpha value is -2.47. The highest BCUT2D eigenvalue weighted by Gasteiger charge is 2.18. The molecular formula is C20H24ClN3O3. The van der Waals surface area contributed by atoms with E-state index in [-0.39, 0.29) is 5.91 Å². The number of halogens is 1. The highest BCUT2D eigenvalue weighted by Crippen LogP contribution is 2.36. The van der Waals surface area contributed by atoms with Crippen molar-refractivity contribution < 1.29 is 14.3 Å². The van der Waals surface area contributed by atoms with E-state index in [1.807, 2.05) is 6.07 Å². The number of aromatic nitrogens is 1. The summed E-state index contributed by atoms with van der Waals surface area (Å²) in [6, 6.07) is 6.92. The standard InChI is InChI=1S/C20H24ClN3O3/c1-13-6-8-24(9-7-13)19-5-4-14(12-22-19)20(25)23-16-11-17(26-2)15(21)10-18(16)27-3/h4-5,10-13H,6-9H2,1-3H3,(H,23,25). The van der Waals surface area contributed by atoms with Crippen LogP contribution in [0.25, 0.3) is 0 Å². The van der Waals surface area contributed by atoms with Crippen LogP contribution in [0.4, 0.5) is 11.5 Å². The maximum atomic E-state index is 12.6. The Morgan fingerprint density at radius 1 is 1.19 bits per heavy atom. The smallest absolute Gasteiger partial charge is 0.257 e. The van der Waals surface area contributed by atoms with E-state index in [1.54, 1.807) is 24.4 Å². The number of carbonyl (C=O) groups is 1. The molecule has 144 valence electrons. The minimum Gasteiger partial charge on any atom is -0.495 e. The third-order valence-corrected chi connectivity index (χ3v) is 5.14. The molecule has 0 saturated carbocycles. The van der Waals surface area contributed by atoms with Gasteiger partial charge in [-0.05, 0) is 30.9 Å². The number of hydrogen-bond donors (Lipinski definition) is 1. The van der Waals surface area contributed by atoms with Gasteiger partial charge in [-0.25, -0.2) is 4.98 Å². The Labute approximate surface area is 164 Å². The predicted octanol–water partition coefficient (Wildman–Crippen LogP) is 4.24. The van der Waals surface area contributed by atoms with Crippen molar-refractivity contribution in [3.8, 4) is 11.5 Å². The van der Waals surface area contributed by atoms with Gasteiger partial charge in [-0.1, -0.05) is 18.5 Å². The largest absolute Gasteiger partial charge is 0.495 e. The highest BCUT2D eigenvalue weighted by molar-refractivity contribution is 6.32. The number of methoxy groups -OCH3 is 2. The first kappa shape index (κ1) is 19.3. The van der Waals surface area contributed by atoms with Crippen LogP contribution < -0.4 is 19.7 Å². The van der Waals surface area contributed by atoms with Crippen LogP contribution >= 0.6 is 11.6 Å². The number of nitrogens with zero attached hydrogens (tertiary/aromatic N) is 2. The van der Waals surface area contributed by atoms with Gasteiger partial charge in [-0.2, -0.15) is 0 Å². The molecule has 1 aromatic carbocycles. The molecule has 3 rings (SSSR count). The van der Waals surface area contributed by atoms with Gasteiger partial charge in [-0.15, -0.1) is 0 Å². The predicted molar refractivity (Wildman–Crippen MR) is 107 cm³/mol. The number of ether oxygens (including phenoxy) is 2. The Balaban J connectivity index is 1.73. The van der Waals surface area contributed by atoms with E-state index in [1.165, 1.54) is 27.1 Å².